The Labute approximate surface area is 190 Å². The third kappa shape index (κ3) is 10.9. The molecule has 0 saturated carbocycles. The van der Waals surface area contributed by atoms with Crippen molar-refractivity contribution in [3.63, 3.8) is 0 Å². The molecular formula is C20H21F3N2O5S2. The molecule has 0 aromatic carbocycles. The molecule has 2 aromatic rings. The molecule has 1 unspecified atom stereocenters. The maximum Gasteiger partial charge on any atom is 0.430 e. The molecule has 2 aromatic heterocycles. The van der Waals surface area contributed by atoms with Crippen molar-refractivity contribution in [1.29, 1.82) is 0 Å². The first-order chi connectivity index (χ1) is 14.7. The molecule has 0 spiro atoms. The van der Waals surface area contributed by atoms with E-state index in [1.807, 2.05) is 44.0 Å². The number of alkyl halides is 3. The molecule has 0 aliphatic rings. The van der Waals surface area contributed by atoms with Crippen LogP contribution < -0.4 is 10.4 Å². The Kier molecular flexibility index (Phi) is 9.89. The number of nitrogens with one attached hydrogen (secondary N) is 1. The number of amides is 1. The second kappa shape index (κ2) is 11.7. The van der Waals surface area contributed by atoms with Crippen LogP contribution in [0, 0.1) is 11.8 Å². The van der Waals surface area contributed by atoms with Gasteiger partial charge < -0.3 is 24.8 Å². The third-order valence-electron chi connectivity index (χ3n) is 3.44. The van der Waals surface area contributed by atoms with Crippen LogP contribution >= 0.6 is 22.7 Å². The lowest BCUT2D eigenvalue weighted by molar-refractivity contribution is -0.871. The summed E-state index contributed by atoms with van der Waals surface area (Å²) >= 11 is 2.90. The van der Waals surface area contributed by atoms with Gasteiger partial charge in [0.1, 0.15) is 5.97 Å². The van der Waals surface area contributed by atoms with Crippen molar-refractivity contribution in [2.45, 2.75) is 18.6 Å². The van der Waals surface area contributed by atoms with E-state index < -0.39 is 24.2 Å². The maximum absolute atomic E-state index is 12.4. The summed E-state index contributed by atoms with van der Waals surface area (Å²) in [5.41, 5.74) is 0.953. The molecule has 32 heavy (non-hydrogen) atoms. The second-order valence-electron chi connectivity index (χ2n) is 7.45. The van der Waals surface area contributed by atoms with Crippen molar-refractivity contribution in [1.82, 2.24) is 5.32 Å². The first-order valence-electron chi connectivity index (χ1n) is 8.92. The van der Waals surface area contributed by atoms with Crippen molar-refractivity contribution in [2.75, 3.05) is 27.7 Å². The molecule has 2 N–H and O–H groups in total. The SMILES string of the molecule is C[N+](C)(C)CC(CC(=O)O)NC(=O)c1ccc(C#Cc2ccsc2)s1.O=C([O-])C(F)(F)F. The zero-order valence-electron chi connectivity index (χ0n) is 17.4. The van der Waals surface area contributed by atoms with Crippen LogP contribution in [-0.2, 0) is 9.59 Å². The van der Waals surface area contributed by atoms with Crippen molar-refractivity contribution < 1.29 is 42.3 Å². The van der Waals surface area contributed by atoms with Gasteiger partial charge in [-0.2, -0.15) is 24.5 Å². The Morgan fingerprint density at radius 1 is 1.19 bits per heavy atom. The van der Waals surface area contributed by atoms with Crippen LogP contribution in [0.5, 0.6) is 0 Å². The van der Waals surface area contributed by atoms with Crippen molar-refractivity contribution >= 4 is 40.5 Å². The highest BCUT2D eigenvalue weighted by Gasteiger charge is 2.28. The Morgan fingerprint density at radius 3 is 2.28 bits per heavy atom. The topological polar surface area (TPSA) is 107 Å². The number of nitrogens with zero attached hydrogens (tertiary/aromatic N) is 1. The molecule has 0 saturated heterocycles. The van der Waals surface area contributed by atoms with Gasteiger partial charge in [-0.05, 0) is 23.6 Å². The highest BCUT2D eigenvalue weighted by molar-refractivity contribution is 7.14. The van der Waals surface area contributed by atoms with Gasteiger partial charge in [0.2, 0.25) is 0 Å². The predicted molar refractivity (Wildman–Crippen MR) is 112 cm³/mol. The van der Waals surface area contributed by atoms with Crippen LogP contribution in [0.15, 0.2) is 29.0 Å². The van der Waals surface area contributed by atoms with E-state index in [0.29, 0.717) is 15.9 Å². The van der Waals surface area contributed by atoms with Crippen LogP contribution in [0.4, 0.5) is 13.2 Å². The standard InChI is InChI=1S/C18H20N2O3S2.C2HF3O2/c1-20(2,3)11-14(10-17(21)22)19-18(23)16-7-6-15(25-16)5-4-13-8-9-24-12-13;3-2(4,5)1(6)7/h6-9,12,14H,10-11H2,1-3H3,(H-,19,21,22,23);(H,6,7). The minimum absolute atomic E-state index is 0.0997. The quantitative estimate of drug-likeness (QED) is 0.474. The fraction of sp³-hybridized carbons (Fsp3) is 0.350. The van der Waals surface area contributed by atoms with Gasteiger partial charge in [-0.25, -0.2) is 0 Å². The number of halogens is 3. The number of likely N-dealkylation sites (N-methyl/N-ethyl adjacent to an activating group) is 1. The lowest BCUT2D eigenvalue weighted by Crippen LogP contribution is -2.49. The molecule has 0 bridgehead atoms. The zero-order valence-corrected chi connectivity index (χ0v) is 19.0. The molecule has 2 rings (SSSR count). The average molecular weight is 491 g/mol. The lowest BCUT2D eigenvalue weighted by Gasteiger charge is -2.29. The number of quaternary nitrogens is 1. The van der Waals surface area contributed by atoms with Gasteiger partial charge in [-0.15, -0.1) is 11.3 Å². The fourth-order valence-corrected chi connectivity index (χ4v) is 3.64. The Hall–Kier alpha value is -2.88. The molecular weight excluding hydrogens is 469 g/mol. The number of thiophene rings is 2. The Balaban J connectivity index is 0.000000633. The van der Waals surface area contributed by atoms with Gasteiger partial charge in [0.25, 0.3) is 5.91 Å². The second-order valence-corrected chi connectivity index (χ2v) is 9.32. The van der Waals surface area contributed by atoms with E-state index in [0.717, 1.165) is 10.4 Å². The van der Waals surface area contributed by atoms with Crippen molar-refractivity contribution in [3.05, 3.63) is 44.3 Å². The highest BCUT2D eigenvalue weighted by atomic mass is 32.1. The van der Waals surface area contributed by atoms with Gasteiger partial charge in [0, 0.05) is 10.9 Å². The van der Waals surface area contributed by atoms with Crippen LogP contribution in [0.2, 0.25) is 0 Å². The lowest BCUT2D eigenvalue weighted by atomic mass is 10.2. The molecule has 2 heterocycles. The number of carbonyl (C=O) groups is 3. The number of carboxylic acid groups (broad SMARTS) is 2. The number of aliphatic carboxylic acids is 2. The first kappa shape index (κ1) is 27.2. The van der Waals surface area contributed by atoms with Gasteiger partial charge in [0.05, 0.1) is 49.9 Å². The van der Waals surface area contributed by atoms with Crippen LogP contribution in [0.25, 0.3) is 0 Å². The van der Waals surface area contributed by atoms with Crippen LogP contribution in [0.1, 0.15) is 26.5 Å². The fourth-order valence-electron chi connectivity index (χ4n) is 2.29. The van der Waals surface area contributed by atoms with E-state index in [1.165, 1.54) is 11.3 Å². The largest absolute Gasteiger partial charge is 0.542 e. The number of carboxylic acids is 2. The summed E-state index contributed by atoms with van der Waals surface area (Å²) < 4.78 is 32.1. The van der Waals surface area contributed by atoms with Crippen molar-refractivity contribution in [3.8, 4) is 11.8 Å². The Bertz CT molecular complexity index is 984. The Morgan fingerprint density at radius 2 is 1.81 bits per heavy atom. The van der Waals surface area contributed by atoms with Gasteiger partial charge in [-0.1, -0.05) is 11.8 Å². The highest BCUT2D eigenvalue weighted by Crippen LogP contribution is 2.16. The van der Waals surface area contributed by atoms with Gasteiger partial charge in [0.15, 0.2) is 0 Å². The number of hydrogen-bond acceptors (Lipinski definition) is 6. The molecule has 174 valence electrons. The molecule has 1 atom stereocenters. The van der Waals surface area contributed by atoms with E-state index >= 15 is 0 Å². The first-order valence-corrected chi connectivity index (χ1v) is 10.7. The minimum atomic E-state index is -5.19. The molecule has 1 amide bonds. The zero-order chi connectivity index (χ0) is 24.5. The number of hydrogen-bond donors (Lipinski definition) is 2. The minimum Gasteiger partial charge on any atom is -0.542 e. The summed E-state index contributed by atoms with van der Waals surface area (Å²) in [7, 11) is 5.89. The van der Waals surface area contributed by atoms with E-state index in [9.17, 15) is 22.8 Å². The molecule has 0 fully saturated rings. The summed E-state index contributed by atoms with van der Waals surface area (Å²) in [6.45, 7) is 0.536. The summed E-state index contributed by atoms with van der Waals surface area (Å²) in [5, 5.41) is 24.6. The van der Waals surface area contributed by atoms with E-state index in [2.05, 4.69) is 17.2 Å². The van der Waals surface area contributed by atoms with E-state index in [4.69, 9.17) is 15.0 Å². The monoisotopic (exact) mass is 490 g/mol. The summed E-state index contributed by atoms with van der Waals surface area (Å²) in [6, 6.07) is 5.06. The van der Waals surface area contributed by atoms with Crippen LogP contribution in [-0.4, -0.2) is 67.3 Å². The molecule has 0 radical (unpaired) electrons. The average Bonchev–Trinajstić information content (AvgIpc) is 3.29. The third-order valence-corrected chi connectivity index (χ3v) is 5.12. The van der Waals surface area contributed by atoms with Crippen LogP contribution in [0.3, 0.4) is 0 Å². The van der Waals surface area contributed by atoms with E-state index in [-0.39, 0.29) is 12.3 Å². The summed E-state index contributed by atoms with van der Waals surface area (Å²) in [4.78, 5) is 33.6. The normalized spacial score (nSPS) is 11.9. The van der Waals surface area contributed by atoms with E-state index in [1.54, 1.807) is 17.4 Å². The molecule has 7 nitrogen and oxygen atoms in total. The number of carbonyl (C=O) groups excluding carboxylic acids is 2. The van der Waals surface area contributed by atoms with Gasteiger partial charge in [-0.3, -0.25) is 9.59 Å². The molecule has 12 heteroatoms. The van der Waals surface area contributed by atoms with Crippen molar-refractivity contribution in [2.24, 2.45) is 0 Å². The number of rotatable bonds is 6. The summed E-state index contributed by atoms with van der Waals surface area (Å²) in [5.74, 6) is 1.91. The summed E-state index contributed by atoms with van der Waals surface area (Å²) in [6.07, 6.45) is -5.29. The predicted octanol–water partition coefficient (Wildman–Crippen LogP) is 1.79. The smallest absolute Gasteiger partial charge is 0.430 e. The van der Waals surface area contributed by atoms with Gasteiger partial charge >= 0.3 is 12.1 Å². The maximum atomic E-state index is 12.4. The molecule has 0 aliphatic heterocycles. The molecule has 0 aliphatic carbocycles.